The number of nitrogens with zero attached hydrogens (tertiary/aromatic N) is 3. The summed E-state index contributed by atoms with van der Waals surface area (Å²) in [6.07, 6.45) is 13.7. The van der Waals surface area contributed by atoms with E-state index in [1.807, 2.05) is 0 Å². The van der Waals surface area contributed by atoms with Gasteiger partial charge in [-0.15, -0.1) is 0 Å². The highest BCUT2D eigenvalue weighted by atomic mass is 15.3. The van der Waals surface area contributed by atoms with E-state index >= 15 is 0 Å². The van der Waals surface area contributed by atoms with Crippen LogP contribution in [0.25, 0.3) is 17.2 Å². The Bertz CT molecular complexity index is 896. The first kappa shape index (κ1) is 16.4. The van der Waals surface area contributed by atoms with Gasteiger partial charge in [-0.1, -0.05) is 31.4 Å². The minimum atomic E-state index is 0.180. The van der Waals surface area contributed by atoms with Gasteiger partial charge in [0, 0.05) is 24.2 Å². The molecule has 1 atom stereocenters. The van der Waals surface area contributed by atoms with Gasteiger partial charge in [0.25, 0.3) is 0 Å². The summed E-state index contributed by atoms with van der Waals surface area (Å²) in [6.45, 7) is 9.66. The summed E-state index contributed by atoms with van der Waals surface area (Å²) in [5.74, 6) is 1.18. The van der Waals surface area contributed by atoms with E-state index in [1.165, 1.54) is 66.6 Å². The molecule has 26 heavy (non-hydrogen) atoms. The Labute approximate surface area is 157 Å². The molecule has 1 aliphatic carbocycles. The molecule has 3 heterocycles. The lowest BCUT2D eigenvalue weighted by Gasteiger charge is -2.41. The molecule has 1 aromatic heterocycles. The smallest absolute Gasteiger partial charge is 0.117 e. The normalized spacial score (nSPS) is 26.2. The molecule has 1 saturated heterocycles. The summed E-state index contributed by atoms with van der Waals surface area (Å²) in [5, 5.41) is 0. The Kier molecular flexibility index (Phi) is 3.39. The van der Waals surface area contributed by atoms with Crippen molar-refractivity contribution in [3.05, 3.63) is 29.6 Å². The monoisotopic (exact) mass is 349 g/mol. The van der Waals surface area contributed by atoms with E-state index in [4.69, 9.17) is 4.98 Å². The van der Waals surface area contributed by atoms with Crippen LogP contribution in [0.1, 0.15) is 70.7 Å². The molecule has 2 aromatic rings. The fourth-order valence-electron chi connectivity index (χ4n) is 6.41. The number of allylic oxidation sites excluding steroid dienone is 1. The molecule has 0 N–H and O–H groups in total. The number of benzene rings is 1. The lowest BCUT2D eigenvalue weighted by molar-refractivity contribution is 0.170. The van der Waals surface area contributed by atoms with Crippen molar-refractivity contribution in [3.8, 4) is 0 Å². The van der Waals surface area contributed by atoms with E-state index in [0.29, 0.717) is 11.5 Å². The van der Waals surface area contributed by atoms with Crippen molar-refractivity contribution in [2.24, 2.45) is 5.41 Å². The Morgan fingerprint density at radius 1 is 1.12 bits per heavy atom. The fourth-order valence-corrected chi connectivity index (χ4v) is 6.41. The number of anilines is 1. The highest BCUT2D eigenvalue weighted by Crippen LogP contribution is 2.56. The molecule has 3 aliphatic rings. The number of hydrogen-bond acceptors (Lipinski definition) is 2. The van der Waals surface area contributed by atoms with Crippen LogP contribution >= 0.6 is 0 Å². The lowest BCUT2D eigenvalue weighted by Crippen LogP contribution is -2.44. The summed E-state index contributed by atoms with van der Waals surface area (Å²) in [4.78, 5) is 7.84. The van der Waals surface area contributed by atoms with Crippen LogP contribution in [-0.4, -0.2) is 21.1 Å². The largest absolute Gasteiger partial charge is 0.361 e. The zero-order valence-corrected chi connectivity index (χ0v) is 16.7. The molecule has 2 fully saturated rings. The van der Waals surface area contributed by atoms with E-state index in [9.17, 15) is 0 Å². The van der Waals surface area contributed by atoms with Gasteiger partial charge in [0.05, 0.1) is 11.2 Å². The van der Waals surface area contributed by atoms with Crippen molar-refractivity contribution in [2.75, 3.05) is 4.90 Å². The Hall–Kier alpha value is -1.77. The molecule has 2 aliphatic heterocycles. The fraction of sp³-hybridized carbons (Fsp3) is 0.609. The average molecular weight is 350 g/mol. The van der Waals surface area contributed by atoms with Crippen LogP contribution in [0, 0.1) is 12.3 Å². The van der Waals surface area contributed by atoms with Gasteiger partial charge < -0.3 is 9.47 Å². The van der Waals surface area contributed by atoms with Gasteiger partial charge >= 0.3 is 0 Å². The molecule has 5 rings (SSSR count). The minimum Gasteiger partial charge on any atom is -0.361 e. The van der Waals surface area contributed by atoms with Gasteiger partial charge in [0.15, 0.2) is 0 Å². The zero-order valence-electron chi connectivity index (χ0n) is 16.7. The van der Waals surface area contributed by atoms with Gasteiger partial charge in [-0.25, -0.2) is 4.98 Å². The number of aryl methyl sites for hydroxylation is 1. The topological polar surface area (TPSA) is 21.1 Å². The standard InChI is InChI=1S/C23H31N3/c1-16-10-11-18-20(24-19-9-8-14-25(18)19)21(16)26-17(2)23(15-22(26,3)4)12-6-5-7-13-23/h8,10-11,14,17H,5-7,9,12-13,15H2,1-4H3. The molecule has 1 aromatic carbocycles. The highest BCUT2D eigenvalue weighted by Gasteiger charge is 2.54. The predicted octanol–water partition coefficient (Wildman–Crippen LogP) is 5.70. The first-order valence-electron chi connectivity index (χ1n) is 10.4. The molecule has 3 nitrogen and oxygen atoms in total. The first-order chi connectivity index (χ1) is 12.4. The second kappa shape index (κ2) is 5.37. The highest BCUT2D eigenvalue weighted by molar-refractivity contribution is 5.93. The third-order valence-electron chi connectivity index (χ3n) is 7.47. The van der Waals surface area contributed by atoms with Crippen LogP contribution in [0.3, 0.4) is 0 Å². The molecule has 0 amide bonds. The second-order valence-electron chi connectivity index (χ2n) is 9.54. The van der Waals surface area contributed by atoms with Crippen LogP contribution in [0.2, 0.25) is 0 Å². The summed E-state index contributed by atoms with van der Waals surface area (Å²) in [6, 6.07) is 5.13. The zero-order chi connectivity index (χ0) is 18.1. The predicted molar refractivity (Wildman–Crippen MR) is 110 cm³/mol. The number of imidazole rings is 1. The molecule has 0 radical (unpaired) electrons. The van der Waals surface area contributed by atoms with Crippen molar-refractivity contribution in [1.29, 1.82) is 0 Å². The van der Waals surface area contributed by atoms with Gasteiger partial charge in [-0.3, -0.25) is 0 Å². The summed E-state index contributed by atoms with van der Waals surface area (Å²) in [5.41, 5.74) is 5.89. The van der Waals surface area contributed by atoms with Crippen LogP contribution in [0.15, 0.2) is 18.2 Å². The van der Waals surface area contributed by atoms with E-state index in [1.54, 1.807) is 0 Å². The summed E-state index contributed by atoms with van der Waals surface area (Å²) in [7, 11) is 0. The van der Waals surface area contributed by atoms with Crippen molar-refractivity contribution in [2.45, 2.75) is 84.2 Å². The second-order valence-corrected chi connectivity index (χ2v) is 9.54. The SMILES string of the molecule is Cc1ccc2c(nc3n2C=CC3)c1N1C(C)C2(CCCCC2)CC1(C)C. The van der Waals surface area contributed by atoms with Crippen molar-refractivity contribution < 1.29 is 0 Å². The Morgan fingerprint density at radius 3 is 2.65 bits per heavy atom. The molecule has 138 valence electrons. The average Bonchev–Trinajstić information content (AvgIpc) is 3.22. The lowest BCUT2D eigenvalue weighted by atomic mass is 9.68. The number of aromatic nitrogens is 2. The van der Waals surface area contributed by atoms with E-state index in [0.717, 1.165) is 6.42 Å². The van der Waals surface area contributed by atoms with Crippen molar-refractivity contribution in [3.63, 3.8) is 0 Å². The third kappa shape index (κ3) is 2.09. The number of rotatable bonds is 1. The Morgan fingerprint density at radius 2 is 1.88 bits per heavy atom. The van der Waals surface area contributed by atoms with Gasteiger partial charge in [0.1, 0.15) is 11.3 Å². The van der Waals surface area contributed by atoms with Crippen LogP contribution in [0.5, 0.6) is 0 Å². The van der Waals surface area contributed by atoms with E-state index in [-0.39, 0.29) is 5.54 Å². The molecular formula is C23H31N3. The maximum Gasteiger partial charge on any atom is 0.117 e. The van der Waals surface area contributed by atoms with Gasteiger partial charge in [-0.2, -0.15) is 0 Å². The molecule has 1 unspecified atom stereocenters. The molecular weight excluding hydrogens is 318 g/mol. The quantitative estimate of drug-likeness (QED) is 0.658. The number of fused-ring (bicyclic) bond motifs is 3. The Balaban J connectivity index is 1.69. The maximum absolute atomic E-state index is 5.09. The summed E-state index contributed by atoms with van der Waals surface area (Å²) >= 11 is 0. The van der Waals surface area contributed by atoms with Crippen molar-refractivity contribution in [1.82, 2.24) is 9.55 Å². The van der Waals surface area contributed by atoms with E-state index < -0.39 is 0 Å². The molecule has 1 saturated carbocycles. The first-order valence-corrected chi connectivity index (χ1v) is 10.4. The molecule has 1 spiro atoms. The number of hydrogen-bond donors (Lipinski definition) is 0. The minimum absolute atomic E-state index is 0.180. The van der Waals surface area contributed by atoms with Crippen LogP contribution in [0.4, 0.5) is 5.69 Å². The molecule has 0 bridgehead atoms. The maximum atomic E-state index is 5.09. The van der Waals surface area contributed by atoms with E-state index in [2.05, 4.69) is 61.6 Å². The van der Waals surface area contributed by atoms with Gasteiger partial charge in [-0.05, 0) is 64.0 Å². The van der Waals surface area contributed by atoms with Crippen LogP contribution < -0.4 is 4.90 Å². The molecule has 3 heteroatoms. The summed E-state index contributed by atoms with van der Waals surface area (Å²) < 4.78 is 2.28. The third-order valence-corrected chi connectivity index (χ3v) is 7.47. The van der Waals surface area contributed by atoms with Crippen molar-refractivity contribution >= 4 is 22.9 Å². The van der Waals surface area contributed by atoms with Crippen LogP contribution in [-0.2, 0) is 6.42 Å². The van der Waals surface area contributed by atoms with Gasteiger partial charge in [0.2, 0.25) is 0 Å².